The highest BCUT2D eigenvalue weighted by Crippen LogP contribution is 2.25. The topological polar surface area (TPSA) is 75.3 Å². The highest BCUT2D eigenvalue weighted by atomic mass is 16.4. The standard InChI is InChI=1S/C10H22N2O2/c1-10(2,4-3-9(13)14)5-7-12-8-6-11/h12H,3-8,11H2,1-2H3,(H,13,14). The van der Waals surface area contributed by atoms with Crippen LogP contribution in [0.15, 0.2) is 0 Å². The Hall–Kier alpha value is -0.610. The largest absolute Gasteiger partial charge is 0.481 e. The lowest BCUT2D eigenvalue weighted by atomic mass is 9.84. The second kappa shape index (κ2) is 6.79. The van der Waals surface area contributed by atoms with Crippen LogP contribution in [0.2, 0.25) is 0 Å². The van der Waals surface area contributed by atoms with E-state index >= 15 is 0 Å². The van der Waals surface area contributed by atoms with Gasteiger partial charge in [0.2, 0.25) is 0 Å². The summed E-state index contributed by atoms with van der Waals surface area (Å²) >= 11 is 0. The first kappa shape index (κ1) is 13.4. The monoisotopic (exact) mass is 202 g/mol. The number of carboxylic acids is 1. The molecule has 0 radical (unpaired) electrons. The molecule has 0 aliphatic heterocycles. The summed E-state index contributed by atoms with van der Waals surface area (Å²) in [5.74, 6) is -0.715. The van der Waals surface area contributed by atoms with Gasteiger partial charge in [0.15, 0.2) is 0 Å². The number of nitrogens with one attached hydrogen (secondary N) is 1. The van der Waals surface area contributed by atoms with Crippen molar-refractivity contribution in [3.05, 3.63) is 0 Å². The average molecular weight is 202 g/mol. The fourth-order valence-electron chi connectivity index (χ4n) is 1.22. The minimum absolute atomic E-state index is 0.0972. The van der Waals surface area contributed by atoms with Gasteiger partial charge in [0.25, 0.3) is 0 Å². The maximum atomic E-state index is 10.4. The molecule has 0 aromatic rings. The summed E-state index contributed by atoms with van der Waals surface area (Å²) in [6.07, 6.45) is 1.97. The Bertz CT molecular complexity index is 170. The fraction of sp³-hybridized carbons (Fsp3) is 0.900. The van der Waals surface area contributed by atoms with E-state index in [9.17, 15) is 4.79 Å². The lowest BCUT2D eigenvalue weighted by molar-refractivity contribution is -0.137. The number of carbonyl (C=O) groups is 1. The molecule has 4 N–H and O–H groups in total. The summed E-state index contributed by atoms with van der Waals surface area (Å²) in [5.41, 5.74) is 5.43. The van der Waals surface area contributed by atoms with Gasteiger partial charge in [-0.05, 0) is 24.8 Å². The average Bonchev–Trinajstić information content (AvgIpc) is 2.10. The Morgan fingerprint density at radius 2 is 2.00 bits per heavy atom. The third-order valence-electron chi connectivity index (χ3n) is 2.32. The molecule has 0 rings (SSSR count). The van der Waals surface area contributed by atoms with E-state index in [1.807, 2.05) is 0 Å². The smallest absolute Gasteiger partial charge is 0.303 e. The minimum Gasteiger partial charge on any atom is -0.481 e. The van der Waals surface area contributed by atoms with Crippen molar-refractivity contribution in [2.24, 2.45) is 11.1 Å². The Labute approximate surface area is 85.9 Å². The first-order chi connectivity index (χ1) is 6.48. The molecule has 0 bridgehead atoms. The Balaban J connectivity index is 3.55. The lowest BCUT2D eigenvalue weighted by Gasteiger charge is -2.23. The zero-order valence-electron chi connectivity index (χ0n) is 9.18. The van der Waals surface area contributed by atoms with Crippen molar-refractivity contribution in [3.8, 4) is 0 Å². The van der Waals surface area contributed by atoms with E-state index in [1.165, 1.54) is 0 Å². The van der Waals surface area contributed by atoms with Crippen molar-refractivity contribution < 1.29 is 9.90 Å². The maximum absolute atomic E-state index is 10.4. The highest BCUT2D eigenvalue weighted by Gasteiger charge is 2.18. The molecule has 0 aliphatic rings. The third kappa shape index (κ3) is 8.01. The van der Waals surface area contributed by atoms with Gasteiger partial charge in [0.05, 0.1) is 0 Å². The summed E-state index contributed by atoms with van der Waals surface area (Å²) in [5, 5.41) is 11.8. The summed E-state index contributed by atoms with van der Waals surface area (Å²) in [6.45, 7) is 6.58. The molecule has 0 atom stereocenters. The van der Waals surface area contributed by atoms with Crippen LogP contribution in [0.4, 0.5) is 0 Å². The van der Waals surface area contributed by atoms with E-state index < -0.39 is 5.97 Å². The predicted octanol–water partition coefficient (Wildman–Crippen LogP) is 0.816. The number of rotatable bonds is 8. The van der Waals surface area contributed by atoms with Crippen molar-refractivity contribution in [1.29, 1.82) is 0 Å². The van der Waals surface area contributed by atoms with E-state index in [2.05, 4.69) is 19.2 Å². The SMILES string of the molecule is CC(C)(CCNCCN)CCC(=O)O. The molecule has 0 spiro atoms. The molecular formula is C10H22N2O2. The van der Waals surface area contributed by atoms with Gasteiger partial charge in [0, 0.05) is 19.5 Å². The van der Waals surface area contributed by atoms with Crippen molar-refractivity contribution in [2.45, 2.75) is 33.1 Å². The molecule has 0 aromatic heterocycles. The van der Waals surface area contributed by atoms with Gasteiger partial charge in [-0.15, -0.1) is 0 Å². The van der Waals surface area contributed by atoms with E-state index in [-0.39, 0.29) is 11.8 Å². The van der Waals surface area contributed by atoms with E-state index in [0.29, 0.717) is 6.54 Å². The molecule has 14 heavy (non-hydrogen) atoms. The molecule has 0 heterocycles. The molecule has 0 saturated heterocycles. The number of hydrogen-bond donors (Lipinski definition) is 3. The first-order valence-electron chi connectivity index (χ1n) is 5.10. The van der Waals surface area contributed by atoms with Crippen LogP contribution >= 0.6 is 0 Å². The molecule has 0 unspecified atom stereocenters. The number of nitrogens with two attached hydrogens (primary N) is 1. The van der Waals surface area contributed by atoms with Gasteiger partial charge < -0.3 is 16.2 Å². The summed E-state index contributed by atoms with van der Waals surface area (Å²) in [7, 11) is 0. The molecule has 84 valence electrons. The summed E-state index contributed by atoms with van der Waals surface area (Å²) in [4.78, 5) is 10.4. The van der Waals surface area contributed by atoms with Gasteiger partial charge in [-0.2, -0.15) is 0 Å². The zero-order chi connectivity index (χ0) is 11.0. The third-order valence-corrected chi connectivity index (χ3v) is 2.32. The van der Waals surface area contributed by atoms with Crippen LogP contribution in [-0.2, 0) is 4.79 Å². The lowest BCUT2D eigenvalue weighted by Crippen LogP contribution is -2.27. The van der Waals surface area contributed by atoms with Crippen LogP contribution in [0.25, 0.3) is 0 Å². The summed E-state index contributed by atoms with van der Waals surface area (Å²) < 4.78 is 0. The second-order valence-electron chi connectivity index (χ2n) is 4.35. The van der Waals surface area contributed by atoms with Crippen LogP contribution < -0.4 is 11.1 Å². The molecule has 4 heteroatoms. The highest BCUT2D eigenvalue weighted by molar-refractivity contribution is 5.66. The number of aliphatic carboxylic acids is 1. The van der Waals surface area contributed by atoms with Crippen molar-refractivity contribution in [1.82, 2.24) is 5.32 Å². The first-order valence-corrected chi connectivity index (χ1v) is 5.10. The molecule has 0 aromatic carbocycles. The van der Waals surface area contributed by atoms with Crippen LogP contribution in [0.3, 0.4) is 0 Å². The zero-order valence-corrected chi connectivity index (χ0v) is 9.18. The summed E-state index contributed by atoms with van der Waals surface area (Å²) in [6, 6.07) is 0. The molecule has 0 amide bonds. The Morgan fingerprint density at radius 3 is 2.50 bits per heavy atom. The van der Waals surface area contributed by atoms with Crippen molar-refractivity contribution >= 4 is 5.97 Å². The van der Waals surface area contributed by atoms with Gasteiger partial charge >= 0.3 is 5.97 Å². The van der Waals surface area contributed by atoms with Crippen molar-refractivity contribution in [3.63, 3.8) is 0 Å². The molecule has 0 saturated carbocycles. The molecule has 0 fully saturated rings. The fourth-order valence-corrected chi connectivity index (χ4v) is 1.22. The predicted molar refractivity (Wildman–Crippen MR) is 57.2 cm³/mol. The van der Waals surface area contributed by atoms with Crippen molar-refractivity contribution in [2.75, 3.05) is 19.6 Å². The minimum atomic E-state index is -0.715. The Kier molecular flexibility index (Phi) is 6.49. The normalized spacial score (nSPS) is 11.6. The van der Waals surface area contributed by atoms with Gasteiger partial charge in [-0.1, -0.05) is 13.8 Å². The van der Waals surface area contributed by atoms with Crippen LogP contribution in [-0.4, -0.2) is 30.7 Å². The number of hydrogen-bond acceptors (Lipinski definition) is 3. The second-order valence-corrected chi connectivity index (χ2v) is 4.35. The van der Waals surface area contributed by atoms with Crippen LogP contribution in [0.1, 0.15) is 33.1 Å². The van der Waals surface area contributed by atoms with E-state index in [0.717, 1.165) is 25.9 Å². The van der Waals surface area contributed by atoms with Crippen LogP contribution in [0, 0.1) is 5.41 Å². The molecular weight excluding hydrogens is 180 g/mol. The molecule has 4 nitrogen and oxygen atoms in total. The van der Waals surface area contributed by atoms with E-state index in [1.54, 1.807) is 0 Å². The van der Waals surface area contributed by atoms with Crippen LogP contribution in [0.5, 0.6) is 0 Å². The van der Waals surface area contributed by atoms with E-state index in [4.69, 9.17) is 10.8 Å². The quantitative estimate of drug-likeness (QED) is 0.509. The van der Waals surface area contributed by atoms with Gasteiger partial charge in [-0.25, -0.2) is 0 Å². The molecule has 0 aliphatic carbocycles. The Morgan fingerprint density at radius 1 is 1.36 bits per heavy atom. The van der Waals surface area contributed by atoms with Gasteiger partial charge in [0.1, 0.15) is 0 Å². The number of carboxylic acid groups (broad SMARTS) is 1. The maximum Gasteiger partial charge on any atom is 0.303 e. The van der Waals surface area contributed by atoms with Gasteiger partial charge in [-0.3, -0.25) is 4.79 Å².